The molecule has 0 unspecified atom stereocenters. The molecule has 0 aliphatic rings. The number of unbranched alkanes of at least 4 members (excludes halogenated alkanes) is 16. The minimum Gasteiger partial charge on any atom is -0.361 e. The van der Waals surface area contributed by atoms with Gasteiger partial charge in [-0.2, -0.15) is 11.8 Å². The van der Waals surface area contributed by atoms with Crippen LogP contribution < -0.4 is 0 Å². The topological polar surface area (TPSA) is 9.23 Å². The Kier molecular flexibility index (Phi) is 20.9. The summed E-state index contributed by atoms with van der Waals surface area (Å²) in [6.07, 6.45) is 26.3. The first-order valence-electron chi connectivity index (χ1n) is 19.2. The van der Waals surface area contributed by atoms with Gasteiger partial charge in [-0.05, 0) is 47.0 Å². The molecule has 0 saturated heterocycles. The normalized spacial score (nSPS) is 12.4. The number of hydrogen-bond acceptors (Lipinski definition) is 2. The molecule has 0 radical (unpaired) electrons. The summed E-state index contributed by atoms with van der Waals surface area (Å²) in [6.45, 7) is 5.39. The van der Waals surface area contributed by atoms with E-state index in [1.165, 1.54) is 150 Å². The molecule has 3 rings (SSSR count). The van der Waals surface area contributed by atoms with Gasteiger partial charge in [0.1, 0.15) is 5.60 Å². The van der Waals surface area contributed by atoms with E-state index in [1.54, 1.807) is 0 Å². The molecule has 0 aliphatic carbocycles. The van der Waals surface area contributed by atoms with E-state index >= 15 is 0 Å². The van der Waals surface area contributed by atoms with Gasteiger partial charge in [-0.3, -0.25) is 0 Å². The summed E-state index contributed by atoms with van der Waals surface area (Å²) in [5.41, 5.74) is 2.99. The third-order valence-corrected chi connectivity index (χ3v) is 10.8. The van der Waals surface area contributed by atoms with Crippen molar-refractivity contribution in [2.24, 2.45) is 5.92 Å². The summed E-state index contributed by atoms with van der Waals surface area (Å²) in [5, 5.41) is 0. The van der Waals surface area contributed by atoms with Gasteiger partial charge in [-0.15, -0.1) is 0 Å². The van der Waals surface area contributed by atoms with Crippen LogP contribution in [0.2, 0.25) is 0 Å². The highest BCUT2D eigenvalue weighted by molar-refractivity contribution is 7.99. The average Bonchev–Trinajstić information content (AvgIpc) is 3.11. The molecule has 0 fully saturated rings. The lowest BCUT2D eigenvalue weighted by Crippen LogP contribution is -2.35. The number of benzene rings is 3. The van der Waals surface area contributed by atoms with Gasteiger partial charge in [0, 0.05) is 0 Å². The van der Waals surface area contributed by atoms with Crippen LogP contribution in [0.1, 0.15) is 153 Å². The highest BCUT2D eigenvalue weighted by atomic mass is 32.2. The van der Waals surface area contributed by atoms with Gasteiger partial charge in [-0.25, -0.2) is 0 Å². The zero-order valence-electron chi connectivity index (χ0n) is 29.6. The van der Waals surface area contributed by atoms with Crippen LogP contribution in [0.4, 0.5) is 0 Å². The molecule has 1 atom stereocenters. The molecule has 3 aromatic rings. The lowest BCUT2D eigenvalue weighted by Gasteiger charge is -2.37. The van der Waals surface area contributed by atoms with Crippen molar-refractivity contribution in [1.29, 1.82) is 0 Å². The van der Waals surface area contributed by atoms with Gasteiger partial charge in [0.25, 0.3) is 0 Å². The summed E-state index contributed by atoms with van der Waals surface area (Å²) in [4.78, 5) is 0. The van der Waals surface area contributed by atoms with E-state index in [2.05, 4.69) is 117 Å². The van der Waals surface area contributed by atoms with Gasteiger partial charge in [0.2, 0.25) is 0 Å². The van der Waals surface area contributed by atoms with Gasteiger partial charge >= 0.3 is 0 Å². The SMILES string of the molecule is CCCCCCCCCCCCSC[C@@H](CCCCCCCCCC)COC(c1ccccc1)(c1ccccc1)c1ccccc1. The fourth-order valence-electron chi connectivity index (χ4n) is 6.73. The summed E-state index contributed by atoms with van der Waals surface area (Å²) in [5.74, 6) is 3.04. The molecule has 0 bridgehead atoms. The fraction of sp³-hybridized carbons (Fsp3) is 0.591. The van der Waals surface area contributed by atoms with Crippen molar-refractivity contribution in [3.05, 3.63) is 108 Å². The minimum atomic E-state index is -0.623. The number of ether oxygens (including phenoxy) is 1. The van der Waals surface area contributed by atoms with Crippen LogP contribution in [-0.2, 0) is 10.3 Å². The van der Waals surface area contributed by atoms with Gasteiger partial charge in [-0.1, -0.05) is 214 Å². The second kappa shape index (κ2) is 25.0. The molecule has 0 N–H and O–H groups in total. The molecule has 0 saturated carbocycles. The molecular weight excluding hydrogens is 577 g/mol. The quantitative estimate of drug-likeness (QED) is 0.0576. The third-order valence-electron chi connectivity index (χ3n) is 9.54. The minimum absolute atomic E-state index is 0.559. The summed E-state index contributed by atoms with van der Waals surface area (Å²) < 4.78 is 7.32. The number of thioether (sulfide) groups is 1. The summed E-state index contributed by atoms with van der Waals surface area (Å²) in [6, 6.07) is 32.7. The molecule has 254 valence electrons. The van der Waals surface area contributed by atoms with Crippen molar-refractivity contribution >= 4 is 11.8 Å². The standard InChI is InChI=1S/C44H66OS/c1-3-5-7-9-11-13-14-16-18-29-37-46-39-40(30-22-17-15-12-10-8-6-4-2)38-45-44(41-31-23-19-24-32-41,42-33-25-20-26-34-42)43-35-27-21-28-36-43/h19-21,23-28,31-36,40H,3-18,22,29-30,37-39H2,1-2H3/t40-/m0/s1. The molecule has 0 aromatic heterocycles. The van der Waals surface area contributed by atoms with E-state index in [0.717, 1.165) is 6.61 Å². The van der Waals surface area contributed by atoms with Crippen molar-refractivity contribution in [2.75, 3.05) is 18.1 Å². The van der Waals surface area contributed by atoms with E-state index < -0.39 is 5.60 Å². The van der Waals surface area contributed by atoms with E-state index in [4.69, 9.17) is 4.74 Å². The Morgan fingerprint density at radius 2 is 0.848 bits per heavy atom. The fourth-order valence-corrected chi connectivity index (χ4v) is 7.91. The highest BCUT2D eigenvalue weighted by Gasteiger charge is 2.38. The second-order valence-electron chi connectivity index (χ2n) is 13.5. The molecule has 1 nitrogen and oxygen atoms in total. The summed E-state index contributed by atoms with van der Waals surface area (Å²) in [7, 11) is 0. The molecule has 0 spiro atoms. The van der Waals surface area contributed by atoms with Gasteiger partial charge in [0.05, 0.1) is 6.61 Å². The molecule has 0 heterocycles. The van der Waals surface area contributed by atoms with E-state index in [-0.39, 0.29) is 0 Å². The van der Waals surface area contributed by atoms with Gasteiger partial charge < -0.3 is 4.74 Å². The first-order valence-corrected chi connectivity index (χ1v) is 20.3. The van der Waals surface area contributed by atoms with E-state index in [0.29, 0.717) is 5.92 Å². The average molecular weight is 643 g/mol. The smallest absolute Gasteiger partial charge is 0.143 e. The van der Waals surface area contributed by atoms with Crippen LogP contribution in [0.5, 0.6) is 0 Å². The second-order valence-corrected chi connectivity index (χ2v) is 14.6. The third kappa shape index (κ3) is 14.4. The molecule has 46 heavy (non-hydrogen) atoms. The maximum absolute atomic E-state index is 7.32. The Balaban J connectivity index is 1.61. The first-order chi connectivity index (χ1) is 22.8. The lowest BCUT2D eigenvalue weighted by molar-refractivity contribution is -0.00607. The molecular formula is C44H66OS. The van der Waals surface area contributed by atoms with E-state index in [1.807, 2.05) is 0 Å². The van der Waals surface area contributed by atoms with Crippen LogP contribution >= 0.6 is 11.8 Å². The van der Waals surface area contributed by atoms with Crippen LogP contribution in [0.3, 0.4) is 0 Å². The van der Waals surface area contributed by atoms with E-state index in [9.17, 15) is 0 Å². The van der Waals surface area contributed by atoms with Crippen molar-refractivity contribution < 1.29 is 4.74 Å². The van der Waals surface area contributed by atoms with Crippen LogP contribution in [0.15, 0.2) is 91.0 Å². The van der Waals surface area contributed by atoms with Crippen LogP contribution in [0.25, 0.3) is 0 Å². The molecule has 2 heteroatoms. The maximum atomic E-state index is 7.32. The lowest BCUT2D eigenvalue weighted by atomic mass is 9.80. The molecule has 3 aromatic carbocycles. The van der Waals surface area contributed by atoms with Crippen LogP contribution in [0, 0.1) is 5.92 Å². The largest absolute Gasteiger partial charge is 0.361 e. The Morgan fingerprint density at radius 3 is 1.26 bits per heavy atom. The Bertz CT molecular complexity index is 986. The van der Waals surface area contributed by atoms with Crippen molar-refractivity contribution in [3.8, 4) is 0 Å². The number of hydrogen-bond donors (Lipinski definition) is 0. The maximum Gasteiger partial charge on any atom is 0.143 e. The van der Waals surface area contributed by atoms with Crippen molar-refractivity contribution in [3.63, 3.8) is 0 Å². The monoisotopic (exact) mass is 642 g/mol. The van der Waals surface area contributed by atoms with Crippen molar-refractivity contribution in [2.45, 2.75) is 141 Å². The van der Waals surface area contributed by atoms with Crippen molar-refractivity contribution in [1.82, 2.24) is 0 Å². The zero-order chi connectivity index (χ0) is 32.4. The Morgan fingerprint density at radius 1 is 0.478 bits per heavy atom. The van der Waals surface area contributed by atoms with Crippen LogP contribution in [-0.4, -0.2) is 18.1 Å². The predicted octanol–water partition coefficient (Wildman–Crippen LogP) is 13.8. The molecule has 0 aliphatic heterocycles. The Hall–Kier alpha value is -2.03. The highest BCUT2D eigenvalue weighted by Crippen LogP contribution is 2.41. The predicted molar refractivity (Wildman–Crippen MR) is 205 cm³/mol. The molecule has 0 amide bonds. The zero-order valence-corrected chi connectivity index (χ0v) is 30.4. The first kappa shape index (κ1) is 38.4. The van der Waals surface area contributed by atoms with Gasteiger partial charge in [0.15, 0.2) is 0 Å². The number of rotatable bonds is 28. The Labute approximate surface area is 288 Å². The summed E-state index contributed by atoms with van der Waals surface area (Å²) >= 11 is 2.17.